The van der Waals surface area contributed by atoms with Crippen LogP contribution in [0.4, 0.5) is 13.2 Å². The van der Waals surface area contributed by atoms with Crippen LogP contribution in [0.3, 0.4) is 0 Å². The Morgan fingerprint density at radius 2 is 1.92 bits per heavy atom. The van der Waals surface area contributed by atoms with E-state index in [0.29, 0.717) is 8.26 Å². The lowest BCUT2D eigenvalue weighted by Gasteiger charge is -2.18. The van der Waals surface area contributed by atoms with Crippen LogP contribution in [-0.4, -0.2) is 19.0 Å². The number of nitrogens with one attached hydrogen (secondary N) is 1. The maximum absolute atomic E-state index is 12.9. The second kappa shape index (κ2) is 7.88. The molecule has 0 radical (unpaired) electrons. The van der Waals surface area contributed by atoms with Crippen LogP contribution in [0.25, 0.3) is 0 Å². The van der Waals surface area contributed by atoms with Gasteiger partial charge in [0.15, 0.2) is 6.04 Å². The Morgan fingerprint density at radius 1 is 1.24 bits per heavy atom. The highest BCUT2D eigenvalue weighted by Gasteiger charge is 2.32. The lowest BCUT2D eigenvalue weighted by Crippen LogP contribution is -2.34. The molecule has 0 fully saturated rings. The van der Waals surface area contributed by atoms with Gasteiger partial charge in [-0.05, 0) is 55.6 Å². The first-order valence-corrected chi connectivity index (χ1v) is 9.04. The molecule has 0 aliphatic carbocycles. The van der Waals surface area contributed by atoms with Crippen LogP contribution < -0.4 is 5.32 Å². The molecule has 0 bridgehead atoms. The van der Waals surface area contributed by atoms with Gasteiger partial charge in [-0.3, -0.25) is 4.79 Å². The van der Waals surface area contributed by atoms with Gasteiger partial charge >= 0.3 is 12.1 Å². The number of hydrogen-bond donors (Lipinski definition) is 1. The van der Waals surface area contributed by atoms with Crippen molar-refractivity contribution in [2.75, 3.05) is 7.11 Å². The van der Waals surface area contributed by atoms with Crippen molar-refractivity contribution in [2.45, 2.75) is 12.2 Å². The van der Waals surface area contributed by atoms with E-state index in [4.69, 9.17) is 0 Å². The number of amides is 1. The fourth-order valence-corrected chi connectivity index (χ4v) is 3.89. The average molecular weight is 501 g/mol. The van der Waals surface area contributed by atoms with Crippen molar-refractivity contribution in [3.8, 4) is 0 Å². The van der Waals surface area contributed by atoms with E-state index in [1.165, 1.54) is 18.2 Å². The Kier molecular flexibility index (Phi) is 6.28. The van der Waals surface area contributed by atoms with Crippen molar-refractivity contribution in [1.29, 1.82) is 0 Å². The highest BCUT2D eigenvalue weighted by atomic mass is 79.9. The Labute approximate surface area is 161 Å². The summed E-state index contributed by atoms with van der Waals surface area (Å²) < 4.78 is 44.6. The molecule has 1 N–H and O–H groups in total. The van der Waals surface area contributed by atoms with Crippen LogP contribution in [0.15, 0.2) is 38.6 Å². The molecule has 1 aromatic heterocycles. The Balaban J connectivity index is 2.34. The normalized spacial score (nSPS) is 12.6. The van der Waals surface area contributed by atoms with Gasteiger partial charge in [-0.15, -0.1) is 11.3 Å². The summed E-state index contributed by atoms with van der Waals surface area (Å²) in [7, 11) is 1.09. The third-order valence-corrected chi connectivity index (χ3v) is 6.38. The van der Waals surface area contributed by atoms with E-state index in [1.807, 2.05) is 0 Å². The molecule has 0 aliphatic heterocycles. The number of thiophene rings is 1. The largest absolute Gasteiger partial charge is 0.467 e. The smallest absolute Gasteiger partial charge is 0.416 e. The number of carbonyl (C=O) groups excluding carboxylic acids is 2. The summed E-state index contributed by atoms with van der Waals surface area (Å²) in [4.78, 5) is 24.6. The number of esters is 1. The van der Waals surface area contributed by atoms with E-state index in [1.54, 1.807) is 0 Å². The third-order valence-electron chi connectivity index (χ3n) is 3.13. The number of alkyl halides is 3. The molecule has 2 aromatic rings. The van der Waals surface area contributed by atoms with Gasteiger partial charge in [0.2, 0.25) is 0 Å². The molecule has 134 valence electrons. The van der Waals surface area contributed by atoms with Crippen molar-refractivity contribution in [2.24, 2.45) is 0 Å². The third kappa shape index (κ3) is 4.83. The van der Waals surface area contributed by atoms with Gasteiger partial charge < -0.3 is 10.1 Å². The van der Waals surface area contributed by atoms with Crippen molar-refractivity contribution >= 4 is 55.1 Å². The van der Waals surface area contributed by atoms with Crippen LogP contribution >= 0.6 is 43.2 Å². The quantitative estimate of drug-likeness (QED) is 0.605. The Morgan fingerprint density at radius 3 is 2.44 bits per heavy atom. The second-order valence-corrected chi connectivity index (χ2v) is 8.01. The maximum atomic E-state index is 12.9. The van der Waals surface area contributed by atoms with Crippen molar-refractivity contribution in [3.05, 3.63) is 54.6 Å². The number of carbonyl (C=O) groups is 2. The zero-order valence-electron chi connectivity index (χ0n) is 12.5. The summed E-state index contributed by atoms with van der Waals surface area (Å²) in [6.07, 6.45) is -4.57. The molecule has 0 spiro atoms. The molecule has 10 heteroatoms. The number of methoxy groups -OCH3 is 1. The summed E-state index contributed by atoms with van der Waals surface area (Å²) >= 11 is 7.59. The summed E-state index contributed by atoms with van der Waals surface area (Å²) in [5, 5.41) is 2.41. The van der Waals surface area contributed by atoms with E-state index >= 15 is 0 Å². The molecular formula is C15H10Br2F3NO3S. The van der Waals surface area contributed by atoms with Gasteiger partial charge in [0, 0.05) is 4.47 Å². The van der Waals surface area contributed by atoms with E-state index in [0.717, 1.165) is 30.6 Å². The molecular weight excluding hydrogens is 491 g/mol. The van der Waals surface area contributed by atoms with Crippen molar-refractivity contribution < 1.29 is 27.5 Å². The summed E-state index contributed by atoms with van der Waals surface area (Å²) in [5.74, 6) is -1.48. The predicted octanol–water partition coefficient (Wildman–Crippen LogP) is 4.94. The van der Waals surface area contributed by atoms with Gasteiger partial charge in [0.25, 0.3) is 5.91 Å². The molecule has 1 heterocycles. The van der Waals surface area contributed by atoms with Gasteiger partial charge in [0.1, 0.15) is 0 Å². The van der Waals surface area contributed by atoms with Gasteiger partial charge in [-0.25, -0.2) is 4.79 Å². The highest BCUT2D eigenvalue weighted by molar-refractivity contribution is 9.13. The highest BCUT2D eigenvalue weighted by Crippen LogP contribution is 2.33. The van der Waals surface area contributed by atoms with Gasteiger partial charge in [-0.1, -0.05) is 12.1 Å². The standard InChI is InChI=1S/C15H10Br2F3NO3S/c1-24-14(23)11(7-3-2-4-8(5-7)15(18,19)20)21-13(22)10-6-9(16)12(17)25-10/h2-6,11H,1H3,(H,21,22). The fraction of sp³-hybridized carbons (Fsp3) is 0.200. The van der Waals surface area contributed by atoms with Crippen LogP contribution in [-0.2, 0) is 15.7 Å². The molecule has 0 saturated heterocycles. The van der Waals surface area contributed by atoms with E-state index in [9.17, 15) is 22.8 Å². The Hall–Kier alpha value is -1.39. The number of hydrogen-bond acceptors (Lipinski definition) is 4. The minimum Gasteiger partial charge on any atom is -0.467 e. The van der Waals surface area contributed by atoms with E-state index in [-0.39, 0.29) is 10.4 Å². The fourth-order valence-electron chi connectivity index (χ4n) is 1.95. The van der Waals surface area contributed by atoms with Crippen LogP contribution in [0.2, 0.25) is 0 Å². The average Bonchev–Trinajstić information content (AvgIpc) is 2.90. The molecule has 2 rings (SSSR count). The number of benzene rings is 1. The maximum Gasteiger partial charge on any atom is 0.416 e. The first kappa shape index (κ1) is 19.9. The second-order valence-electron chi connectivity index (χ2n) is 4.79. The van der Waals surface area contributed by atoms with Crippen LogP contribution in [0.1, 0.15) is 26.8 Å². The SMILES string of the molecule is COC(=O)C(NC(=O)c1cc(Br)c(Br)s1)c1cccc(C(F)(F)F)c1. The lowest BCUT2D eigenvalue weighted by molar-refractivity contribution is -0.143. The zero-order chi connectivity index (χ0) is 18.8. The topological polar surface area (TPSA) is 55.4 Å². The monoisotopic (exact) mass is 499 g/mol. The van der Waals surface area contributed by atoms with Crippen molar-refractivity contribution in [3.63, 3.8) is 0 Å². The molecule has 0 saturated carbocycles. The van der Waals surface area contributed by atoms with Crippen molar-refractivity contribution in [1.82, 2.24) is 5.32 Å². The minimum atomic E-state index is -4.57. The lowest BCUT2D eigenvalue weighted by atomic mass is 10.0. The molecule has 1 aromatic carbocycles. The summed E-state index contributed by atoms with van der Waals surface area (Å²) in [6.45, 7) is 0. The predicted molar refractivity (Wildman–Crippen MR) is 93.4 cm³/mol. The van der Waals surface area contributed by atoms with Gasteiger partial charge in [-0.2, -0.15) is 13.2 Å². The number of rotatable bonds is 4. The number of ether oxygens (including phenoxy) is 1. The van der Waals surface area contributed by atoms with Crippen LogP contribution in [0.5, 0.6) is 0 Å². The molecule has 1 amide bonds. The molecule has 4 nitrogen and oxygen atoms in total. The van der Waals surface area contributed by atoms with E-state index in [2.05, 4.69) is 41.9 Å². The molecule has 1 unspecified atom stereocenters. The van der Waals surface area contributed by atoms with Crippen LogP contribution in [0, 0.1) is 0 Å². The molecule has 0 aliphatic rings. The molecule has 1 atom stereocenters. The summed E-state index contributed by atoms with van der Waals surface area (Å²) in [6, 6.07) is 4.34. The minimum absolute atomic E-state index is 0.0234. The molecule has 25 heavy (non-hydrogen) atoms. The first-order chi connectivity index (χ1) is 11.6. The zero-order valence-corrected chi connectivity index (χ0v) is 16.5. The first-order valence-electron chi connectivity index (χ1n) is 6.64. The number of halogens is 5. The van der Waals surface area contributed by atoms with E-state index < -0.39 is 29.7 Å². The Bertz CT molecular complexity index is 788. The van der Waals surface area contributed by atoms with Gasteiger partial charge in [0.05, 0.1) is 21.3 Å². The summed E-state index contributed by atoms with van der Waals surface area (Å²) in [5.41, 5.74) is -0.945.